The molecule has 0 fully saturated rings. The van der Waals surface area contributed by atoms with Crippen LogP contribution in [0.25, 0.3) is 5.69 Å². The molecule has 0 saturated carbocycles. The second kappa shape index (κ2) is 8.11. The van der Waals surface area contributed by atoms with Crippen molar-refractivity contribution < 1.29 is 32.6 Å². The standard InChI is InChI=1S/C24H18F3N3O6/c1-28-18-7-5-13(9-12(18)11-36-23(28)35)29-10-16(21(32)33)20(31)30(22(29)34)19-8-6-14-15(19)3-2-4-17(14)24(25,26)27/h2-5,7,9-10,19H,6,8,11H2,1H3,(H,32,33). The van der Waals surface area contributed by atoms with Crippen LogP contribution in [0.4, 0.5) is 23.7 Å². The quantitative estimate of drug-likeness (QED) is 0.590. The number of amides is 1. The number of nitrogens with zero attached hydrogens (tertiary/aromatic N) is 3. The number of carbonyl (C=O) groups excluding carboxylic acids is 1. The number of carboxylic acid groups (broad SMARTS) is 1. The molecule has 186 valence electrons. The summed E-state index contributed by atoms with van der Waals surface area (Å²) < 4.78 is 47.3. The van der Waals surface area contributed by atoms with Gasteiger partial charge in [0, 0.05) is 18.8 Å². The van der Waals surface area contributed by atoms with Gasteiger partial charge >= 0.3 is 23.9 Å². The number of rotatable bonds is 3. The molecule has 1 aromatic heterocycles. The Bertz CT molecular complexity index is 1560. The Morgan fingerprint density at radius 2 is 1.89 bits per heavy atom. The Balaban J connectivity index is 1.71. The molecular formula is C24H18F3N3O6. The smallest absolute Gasteiger partial charge is 0.416 e. The number of benzene rings is 2. The van der Waals surface area contributed by atoms with Gasteiger partial charge in [-0.15, -0.1) is 0 Å². The van der Waals surface area contributed by atoms with Gasteiger partial charge in [0.15, 0.2) is 0 Å². The number of anilines is 1. The lowest BCUT2D eigenvalue weighted by Crippen LogP contribution is -2.44. The molecule has 9 nitrogen and oxygen atoms in total. The summed E-state index contributed by atoms with van der Waals surface area (Å²) >= 11 is 0. The van der Waals surface area contributed by atoms with E-state index in [4.69, 9.17) is 4.74 Å². The highest BCUT2D eigenvalue weighted by molar-refractivity contribution is 5.90. The number of halogens is 3. The molecule has 2 heterocycles. The zero-order valence-corrected chi connectivity index (χ0v) is 18.7. The van der Waals surface area contributed by atoms with Crippen molar-refractivity contribution in [2.45, 2.75) is 31.7 Å². The van der Waals surface area contributed by atoms with Gasteiger partial charge in [-0.3, -0.25) is 18.8 Å². The summed E-state index contributed by atoms with van der Waals surface area (Å²) in [4.78, 5) is 51.6. The van der Waals surface area contributed by atoms with Gasteiger partial charge in [0.1, 0.15) is 12.2 Å². The molecule has 36 heavy (non-hydrogen) atoms. The fraction of sp³-hybridized carbons (Fsp3) is 0.250. The topological polar surface area (TPSA) is 111 Å². The molecule has 5 rings (SSSR count). The molecule has 3 aromatic rings. The predicted octanol–water partition coefficient (Wildman–Crippen LogP) is 3.34. The molecule has 1 aliphatic carbocycles. The minimum Gasteiger partial charge on any atom is -0.477 e. The van der Waals surface area contributed by atoms with Gasteiger partial charge in [0.05, 0.1) is 23.0 Å². The lowest BCUT2D eigenvalue weighted by molar-refractivity contribution is -0.138. The van der Waals surface area contributed by atoms with E-state index in [9.17, 15) is 37.5 Å². The number of carbonyl (C=O) groups is 2. The Labute approximate surface area is 200 Å². The van der Waals surface area contributed by atoms with Gasteiger partial charge in [0.2, 0.25) is 0 Å². The minimum absolute atomic E-state index is 0.0194. The van der Waals surface area contributed by atoms with Gasteiger partial charge in [-0.2, -0.15) is 13.2 Å². The largest absolute Gasteiger partial charge is 0.477 e. The summed E-state index contributed by atoms with van der Waals surface area (Å²) in [6.07, 6.45) is -4.30. The minimum atomic E-state index is -4.62. The lowest BCUT2D eigenvalue weighted by atomic mass is 10.0. The SMILES string of the molecule is CN1C(=O)OCc2cc(-n3cc(C(=O)O)c(=O)n(C4CCc5c4cccc5C(F)(F)F)c3=O)ccc21. The van der Waals surface area contributed by atoms with Crippen molar-refractivity contribution in [1.29, 1.82) is 0 Å². The second-order valence-corrected chi connectivity index (χ2v) is 8.53. The van der Waals surface area contributed by atoms with Gasteiger partial charge in [-0.05, 0) is 48.2 Å². The van der Waals surface area contributed by atoms with Crippen LogP contribution < -0.4 is 16.1 Å². The van der Waals surface area contributed by atoms with Crippen LogP contribution >= 0.6 is 0 Å². The van der Waals surface area contributed by atoms with E-state index in [1.54, 1.807) is 6.07 Å². The maximum Gasteiger partial charge on any atom is 0.416 e. The van der Waals surface area contributed by atoms with Crippen molar-refractivity contribution in [3.05, 3.63) is 91.3 Å². The fourth-order valence-electron chi connectivity index (χ4n) is 4.84. The van der Waals surface area contributed by atoms with Crippen LogP contribution in [0, 0.1) is 0 Å². The monoisotopic (exact) mass is 501 g/mol. The van der Waals surface area contributed by atoms with E-state index in [0.717, 1.165) is 16.8 Å². The molecule has 1 N–H and O–H groups in total. The van der Waals surface area contributed by atoms with Crippen LogP contribution in [0.3, 0.4) is 0 Å². The van der Waals surface area contributed by atoms with Gasteiger partial charge < -0.3 is 9.84 Å². The van der Waals surface area contributed by atoms with E-state index in [-0.39, 0.29) is 36.3 Å². The number of hydrogen-bond donors (Lipinski definition) is 1. The molecule has 0 radical (unpaired) electrons. The maximum atomic E-state index is 13.5. The zero-order valence-electron chi connectivity index (χ0n) is 18.7. The van der Waals surface area contributed by atoms with Crippen LogP contribution in [0.2, 0.25) is 0 Å². The third-order valence-corrected chi connectivity index (χ3v) is 6.53. The van der Waals surface area contributed by atoms with E-state index in [2.05, 4.69) is 0 Å². The Kier molecular flexibility index (Phi) is 5.27. The van der Waals surface area contributed by atoms with Crippen molar-refractivity contribution in [3.8, 4) is 5.69 Å². The normalized spacial score (nSPS) is 16.9. The van der Waals surface area contributed by atoms with Gasteiger partial charge in [-0.25, -0.2) is 14.4 Å². The summed E-state index contributed by atoms with van der Waals surface area (Å²) in [5.74, 6) is -1.59. The van der Waals surface area contributed by atoms with Crippen LogP contribution in [0.15, 0.2) is 52.2 Å². The maximum absolute atomic E-state index is 13.5. The Morgan fingerprint density at radius 1 is 1.14 bits per heavy atom. The van der Waals surface area contributed by atoms with E-state index in [1.165, 1.54) is 36.2 Å². The van der Waals surface area contributed by atoms with Gasteiger partial charge in [0.25, 0.3) is 5.56 Å². The first kappa shape index (κ1) is 23.4. The van der Waals surface area contributed by atoms with Crippen LogP contribution in [-0.4, -0.2) is 33.4 Å². The molecule has 0 saturated heterocycles. The number of carboxylic acids is 1. The zero-order chi connectivity index (χ0) is 25.9. The molecule has 1 unspecified atom stereocenters. The highest BCUT2D eigenvalue weighted by Gasteiger charge is 2.38. The molecule has 12 heteroatoms. The lowest BCUT2D eigenvalue weighted by Gasteiger charge is -2.26. The Morgan fingerprint density at radius 3 is 2.58 bits per heavy atom. The molecule has 1 atom stereocenters. The third-order valence-electron chi connectivity index (χ3n) is 6.53. The average Bonchev–Trinajstić information content (AvgIpc) is 3.24. The molecule has 2 aliphatic rings. The number of hydrogen-bond acceptors (Lipinski definition) is 5. The number of fused-ring (bicyclic) bond motifs is 2. The third kappa shape index (κ3) is 3.56. The van der Waals surface area contributed by atoms with Crippen molar-refractivity contribution in [3.63, 3.8) is 0 Å². The fourth-order valence-corrected chi connectivity index (χ4v) is 4.84. The predicted molar refractivity (Wildman–Crippen MR) is 120 cm³/mol. The van der Waals surface area contributed by atoms with Gasteiger partial charge in [-0.1, -0.05) is 12.1 Å². The number of alkyl halides is 3. The number of cyclic esters (lactones) is 1. The highest BCUT2D eigenvalue weighted by Crippen LogP contribution is 2.41. The first-order chi connectivity index (χ1) is 17.0. The summed E-state index contributed by atoms with van der Waals surface area (Å²) in [7, 11) is 1.50. The highest BCUT2D eigenvalue weighted by atomic mass is 19.4. The second-order valence-electron chi connectivity index (χ2n) is 8.53. The average molecular weight is 501 g/mol. The first-order valence-electron chi connectivity index (χ1n) is 10.8. The van der Waals surface area contributed by atoms with E-state index in [1.807, 2.05) is 0 Å². The summed E-state index contributed by atoms with van der Waals surface area (Å²) in [5, 5.41) is 9.66. The summed E-state index contributed by atoms with van der Waals surface area (Å²) in [6.45, 7) is -0.0806. The number of aromatic carboxylic acids is 1. The molecule has 1 amide bonds. The van der Waals surface area contributed by atoms with Crippen molar-refractivity contribution in [2.24, 2.45) is 0 Å². The van der Waals surface area contributed by atoms with E-state index in [0.29, 0.717) is 15.8 Å². The van der Waals surface area contributed by atoms with E-state index < -0.39 is 46.7 Å². The molecule has 0 spiro atoms. The van der Waals surface area contributed by atoms with Crippen molar-refractivity contribution >= 4 is 17.7 Å². The molecule has 1 aliphatic heterocycles. The first-order valence-corrected chi connectivity index (χ1v) is 10.8. The van der Waals surface area contributed by atoms with Crippen molar-refractivity contribution in [2.75, 3.05) is 11.9 Å². The molecule has 2 aromatic carbocycles. The number of aromatic nitrogens is 2. The molecular weight excluding hydrogens is 483 g/mol. The Hall–Kier alpha value is -4.35. The summed E-state index contributed by atoms with van der Waals surface area (Å²) in [5.41, 5.74) is -2.17. The van der Waals surface area contributed by atoms with Crippen LogP contribution in [0.5, 0.6) is 0 Å². The number of ether oxygens (including phenoxy) is 1. The molecule has 0 bridgehead atoms. The van der Waals surface area contributed by atoms with Crippen LogP contribution in [-0.2, 0) is 23.9 Å². The van der Waals surface area contributed by atoms with E-state index >= 15 is 0 Å². The summed E-state index contributed by atoms with van der Waals surface area (Å²) in [6, 6.07) is 7.02. The van der Waals surface area contributed by atoms with Crippen LogP contribution in [0.1, 0.15) is 45.1 Å². The van der Waals surface area contributed by atoms with Crippen molar-refractivity contribution in [1.82, 2.24) is 9.13 Å².